The van der Waals surface area contributed by atoms with Gasteiger partial charge in [0.1, 0.15) is 5.75 Å². The molecule has 4 heteroatoms. The Labute approximate surface area is 105 Å². The van der Waals surface area contributed by atoms with Crippen LogP contribution in [-0.2, 0) is 6.42 Å². The van der Waals surface area contributed by atoms with E-state index in [1.54, 1.807) is 6.07 Å². The Morgan fingerprint density at radius 3 is 2.59 bits per heavy atom. The van der Waals surface area contributed by atoms with E-state index >= 15 is 0 Å². The zero-order chi connectivity index (χ0) is 12.3. The van der Waals surface area contributed by atoms with Gasteiger partial charge in [0.2, 0.25) is 5.88 Å². The number of halogens is 1. The summed E-state index contributed by atoms with van der Waals surface area (Å²) in [5.41, 5.74) is 7.44. The van der Waals surface area contributed by atoms with E-state index in [1.807, 2.05) is 24.3 Å². The summed E-state index contributed by atoms with van der Waals surface area (Å²) >= 11 is 5.76. The first-order valence-electron chi connectivity index (χ1n) is 5.37. The quantitative estimate of drug-likeness (QED) is 0.902. The number of nitrogen functional groups attached to an aromatic ring is 1. The van der Waals surface area contributed by atoms with Gasteiger partial charge in [-0.1, -0.05) is 30.7 Å². The molecule has 17 heavy (non-hydrogen) atoms. The molecule has 0 bridgehead atoms. The molecule has 1 heterocycles. The van der Waals surface area contributed by atoms with Crippen LogP contribution in [0.15, 0.2) is 36.5 Å². The number of rotatable bonds is 3. The third kappa shape index (κ3) is 2.88. The van der Waals surface area contributed by atoms with E-state index in [-0.39, 0.29) is 0 Å². The van der Waals surface area contributed by atoms with Crippen molar-refractivity contribution in [1.29, 1.82) is 0 Å². The van der Waals surface area contributed by atoms with Crippen LogP contribution >= 0.6 is 11.6 Å². The number of aromatic nitrogens is 1. The summed E-state index contributed by atoms with van der Waals surface area (Å²) in [4.78, 5) is 4.04. The largest absolute Gasteiger partial charge is 0.437 e. The van der Waals surface area contributed by atoms with Gasteiger partial charge in [0.05, 0.1) is 10.7 Å². The van der Waals surface area contributed by atoms with Crippen molar-refractivity contribution in [2.24, 2.45) is 0 Å². The maximum absolute atomic E-state index is 5.76. The molecule has 0 unspecified atom stereocenters. The summed E-state index contributed by atoms with van der Waals surface area (Å²) in [6, 6.07) is 9.44. The molecule has 2 N–H and O–H groups in total. The molecule has 0 aliphatic carbocycles. The first-order chi connectivity index (χ1) is 8.19. The van der Waals surface area contributed by atoms with E-state index in [0.29, 0.717) is 22.3 Å². The molecule has 3 nitrogen and oxygen atoms in total. The van der Waals surface area contributed by atoms with E-state index in [0.717, 1.165) is 6.42 Å². The number of nitrogens with zero attached hydrogens (tertiary/aromatic N) is 1. The first kappa shape index (κ1) is 11.7. The Kier molecular flexibility index (Phi) is 3.49. The van der Waals surface area contributed by atoms with E-state index in [2.05, 4.69) is 11.9 Å². The minimum atomic E-state index is 0.374. The second-order valence-electron chi connectivity index (χ2n) is 3.65. The number of benzene rings is 1. The van der Waals surface area contributed by atoms with Crippen LogP contribution in [-0.4, -0.2) is 4.98 Å². The van der Waals surface area contributed by atoms with Gasteiger partial charge in [0.15, 0.2) is 0 Å². The predicted octanol–water partition coefficient (Wildman–Crippen LogP) is 3.67. The van der Waals surface area contributed by atoms with Crippen LogP contribution in [0.4, 0.5) is 5.69 Å². The standard InChI is InChI=1S/C13H13ClN2O/c1-2-9-3-5-11(6-4-9)17-13-12(15)7-10(14)8-16-13/h3-8H,2,15H2,1H3. The van der Waals surface area contributed by atoms with Crippen LogP contribution in [0.3, 0.4) is 0 Å². The number of hydrogen-bond donors (Lipinski definition) is 1. The van der Waals surface area contributed by atoms with E-state index in [4.69, 9.17) is 22.1 Å². The maximum atomic E-state index is 5.76. The van der Waals surface area contributed by atoms with Crippen molar-refractivity contribution in [2.75, 3.05) is 5.73 Å². The van der Waals surface area contributed by atoms with Crippen LogP contribution in [0.5, 0.6) is 11.6 Å². The summed E-state index contributed by atoms with van der Waals surface area (Å²) in [6.07, 6.45) is 2.51. The highest BCUT2D eigenvalue weighted by Crippen LogP contribution is 2.27. The van der Waals surface area contributed by atoms with Crippen molar-refractivity contribution in [1.82, 2.24) is 4.98 Å². The van der Waals surface area contributed by atoms with Crippen LogP contribution < -0.4 is 10.5 Å². The molecule has 0 saturated heterocycles. The predicted molar refractivity (Wildman–Crippen MR) is 69.6 cm³/mol. The van der Waals surface area contributed by atoms with Gasteiger partial charge in [-0.3, -0.25) is 0 Å². The molecule has 0 radical (unpaired) electrons. The Morgan fingerprint density at radius 1 is 1.29 bits per heavy atom. The van der Waals surface area contributed by atoms with Crippen LogP contribution in [0.2, 0.25) is 5.02 Å². The zero-order valence-electron chi connectivity index (χ0n) is 9.48. The van der Waals surface area contributed by atoms with Crippen molar-refractivity contribution in [2.45, 2.75) is 13.3 Å². The molecule has 2 aromatic rings. The molecule has 0 amide bonds. The fraction of sp³-hybridized carbons (Fsp3) is 0.154. The molecule has 0 aliphatic heterocycles. The molecule has 1 aromatic carbocycles. The Hall–Kier alpha value is -1.74. The van der Waals surface area contributed by atoms with Gasteiger partial charge in [-0.2, -0.15) is 0 Å². The second-order valence-corrected chi connectivity index (χ2v) is 4.08. The van der Waals surface area contributed by atoms with Gasteiger partial charge in [0, 0.05) is 6.20 Å². The number of anilines is 1. The molecule has 0 aliphatic rings. The highest BCUT2D eigenvalue weighted by molar-refractivity contribution is 6.30. The van der Waals surface area contributed by atoms with E-state index in [1.165, 1.54) is 11.8 Å². The van der Waals surface area contributed by atoms with Crippen LogP contribution in [0, 0.1) is 0 Å². The number of nitrogens with two attached hydrogens (primary N) is 1. The second kappa shape index (κ2) is 5.06. The maximum Gasteiger partial charge on any atom is 0.242 e. The first-order valence-corrected chi connectivity index (χ1v) is 5.74. The minimum absolute atomic E-state index is 0.374. The normalized spacial score (nSPS) is 10.2. The number of pyridine rings is 1. The van der Waals surface area contributed by atoms with Crippen LogP contribution in [0.25, 0.3) is 0 Å². The molecule has 0 fully saturated rings. The number of hydrogen-bond acceptors (Lipinski definition) is 3. The molecular formula is C13H13ClN2O. The lowest BCUT2D eigenvalue weighted by Crippen LogP contribution is -1.94. The molecular weight excluding hydrogens is 236 g/mol. The molecule has 0 spiro atoms. The molecule has 0 saturated carbocycles. The lowest BCUT2D eigenvalue weighted by Gasteiger charge is -2.07. The van der Waals surface area contributed by atoms with Crippen molar-refractivity contribution in [3.63, 3.8) is 0 Å². The zero-order valence-corrected chi connectivity index (χ0v) is 10.2. The lowest BCUT2D eigenvalue weighted by molar-refractivity contribution is 0.465. The van der Waals surface area contributed by atoms with E-state index in [9.17, 15) is 0 Å². The molecule has 0 atom stereocenters. The summed E-state index contributed by atoms with van der Waals surface area (Å²) in [5.74, 6) is 1.09. The number of aryl methyl sites for hydroxylation is 1. The third-order valence-corrected chi connectivity index (χ3v) is 2.60. The molecule has 1 aromatic heterocycles. The Bertz CT molecular complexity index is 511. The van der Waals surface area contributed by atoms with Gasteiger partial charge in [-0.15, -0.1) is 0 Å². The average Bonchev–Trinajstić information content (AvgIpc) is 2.34. The smallest absolute Gasteiger partial charge is 0.242 e. The van der Waals surface area contributed by atoms with Crippen molar-refractivity contribution in [3.05, 3.63) is 47.1 Å². The minimum Gasteiger partial charge on any atom is -0.437 e. The highest BCUT2D eigenvalue weighted by atomic mass is 35.5. The van der Waals surface area contributed by atoms with Crippen molar-refractivity contribution in [3.8, 4) is 11.6 Å². The average molecular weight is 249 g/mol. The summed E-state index contributed by atoms with van der Waals surface area (Å²) in [6.45, 7) is 2.11. The van der Waals surface area contributed by atoms with E-state index < -0.39 is 0 Å². The van der Waals surface area contributed by atoms with Crippen LogP contribution in [0.1, 0.15) is 12.5 Å². The van der Waals surface area contributed by atoms with Gasteiger partial charge in [-0.25, -0.2) is 4.98 Å². The summed E-state index contributed by atoms with van der Waals surface area (Å²) in [7, 11) is 0. The molecule has 2 rings (SSSR count). The van der Waals surface area contributed by atoms with Gasteiger partial charge < -0.3 is 10.5 Å². The topological polar surface area (TPSA) is 48.1 Å². The van der Waals surface area contributed by atoms with Crippen molar-refractivity contribution < 1.29 is 4.74 Å². The van der Waals surface area contributed by atoms with Gasteiger partial charge >= 0.3 is 0 Å². The van der Waals surface area contributed by atoms with Crippen molar-refractivity contribution >= 4 is 17.3 Å². The lowest BCUT2D eigenvalue weighted by atomic mass is 10.2. The highest BCUT2D eigenvalue weighted by Gasteiger charge is 2.04. The fourth-order valence-corrected chi connectivity index (χ4v) is 1.60. The fourth-order valence-electron chi connectivity index (χ4n) is 1.43. The summed E-state index contributed by atoms with van der Waals surface area (Å²) in [5, 5.41) is 0.496. The number of ether oxygens (including phenoxy) is 1. The third-order valence-electron chi connectivity index (χ3n) is 2.39. The Balaban J connectivity index is 2.19. The summed E-state index contributed by atoms with van der Waals surface area (Å²) < 4.78 is 5.57. The molecule has 88 valence electrons. The Morgan fingerprint density at radius 2 is 2.00 bits per heavy atom. The SMILES string of the molecule is CCc1ccc(Oc2ncc(Cl)cc2N)cc1. The monoisotopic (exact) mass is 248 g/mol. The van der Waals surface area contributed by atoms with Gasteiger partial charge in [0.25, 0.3) is 0 Å². The van der Waals surface area contributed by atoms with Gasteiger partial charge in [-0.05, 0) is 30.2 Å².